The number of methoxy groups -OCH3 is 1. The molecule has 0 amide bonds. The fourth-order valence-corrected chi connectivity index (χ4v) is 1.70. The van der Waals surface area contributed by atoms with Crippen molar-refractivity contribution in [2.75, 3.05) is 12.4 Å². The van der Waals surface area contributed by atoms with Gasteiger partial charge in [-0.15, -0.1) is 10.2 Å². The van der Waals surface area contributed by atoms with Crippen LogP contribution in [-0.2, 0) is 17.9 Å². The minimum absolute atomic E-state index is 0.391. The maximum absolute atomic E-state index is 5.67. The maximum Gasteiger partial charge on any atom is 0.151 e. The first kappa shape index (κ1) is 12.8. The van der Waals surface area contributed by atoms with Gasteiger partial charge >= 0.3 is 0 Å². The van der Waals surface area contributed by atoms with Crippen LogP contribution in [0.15, 0.2) is 36.4 Å². The number of aromatic nitrogens is 2. The molecule has 0 unspecified atom stereocenters. The van der Waals surface area contributed by atoms with E-state index in [1.54, 1.807) is 19.2 Å². The van der Waals surface area contributed by atoms with Crippen LogP contribution in [0.3, 0.4) is 0 Å². The summed E-state index contributed by atoms with van der Waals surface area (Å²) in [6.07, 6.45) is 0. The molecule has 18 heavy (non-hydrogen) atoms. The molecule has 1 heterocycles. The minimum Gasteiger partial charge on any atom is -0.380 e. The number of halogens is 1. The molecule has 4 nitrogen and oxygen atoms in total. The van der Waals surface area contributed by atoms with Crippen molar-refractivity contribution in [2.24, 2.45) is 0 Å². The maximum atomic E-state index is 5.67. The molecule has 5 heteroatoms. The summed E-state index contributed by atoms with van der Waals surface area (Å²) in [5.41, 5.74) is 2.32. The van der Waals surface area contributed by atoms with Gasteiger partial charge in [-0.1, -0.05) is 35.9 Å². The highest BCUT2D eigenvalue weighted by atomic mass is 35.5. The summed E-state index contributed by atoms with van der Waals surface area (Å²) in [7, 11) is 1.69. The Kier molecular flexibility index (Phi) is 4.50. The van der Waals surface area contributed by atoms with E-state index in [4.69, 9.17) is 16.3 Å². The molecule has 0 aliphatic heterocycles. The van der Waals surface area contributed by atoms with Crippen LogP contribution >= 0.6 is 11.6 Å². The first-order valence-corrected chi connectivity index (χ1v) is 5.95. The van der Waals surface area contributed by atoms with Crippen molar-refractivity contribution in [2.45, 2.75) is 13.2 Å². The topological polar surface area (TPSA) is 47.0 Å². The Morgan fingerprint density at radius 1 is 1.17 bits per heavy atom. The van der Waals surface area contributed by atoms with Crippen LogP contribution in [0.1, 0.15) is 11.1 Å². The Bertz CT molecular complexity index is 502. The molecule has 0 bridgehead atoms. The Morgan fingerprint density at radius 3 is 2.72 bits per heavy atom. The third-order valence-electron chi connectivity index (χ3n) is 2.41. The number of hydrogen-bond acceptors (Lipinski definition) is 4. The van der Waals surface area contributed by atoms with Gasteiger partial charge in [-0.2, -0.15) is 0 Å². The molecule has 1 N–H and O–H groups in total. The lowest BCUT2D eigenvalue weighted by atomic mass is 10.1. The molecule has 0 fully saturated rings. The quantitative estimate of drug-likeness (QED) is 0.901. The number of hydrogen-bond donors (Lipinski definition) is 1. The normalized spacial score (nSPS) is 10.3. The summed E-state index contributed by atoms with van der Waals surface area (Å²) in [6.45, 7) is 1.31. The number of benzene rings is 1. The van der Waals surface area contributed by atoms with Crippen LogP contribution in [0.25, 0.3) is 0 Å². The number of ether oxygens (including phenoxy) is 1. The zero-order valence-corrected chi connectivity index (χ0v) is 10.8. The predicted molar refractivity (Wildman–Crippen MR) is 71.5 cm³/mol. The van der Waals surface area contributed by atoms with Crippen molar-refractivity contribution in [3.8, 4) is 0 Å². The number of rotatable bonds is 5. The molecule has 0 atom stereocenters. The second-order valence-electron chi connectivity index (χ2n) is 3.85. The SMILES string of the molecule is COCc1cccc(CNc2ccc(Cl)nn2)c1. The van der Waals surface area contributed by atoms with E-state index < -0.39 is 0 Å². The van der Waals surface area contributed by atoms with Crippen LogP contribution in [-0.4, -0.2) is 17.3 Å². The third-order valence-corrected chi connectivity index (χ3v) is 2.61. The van der Waals surface area contributed by atoms with Gasteiger partial charge in [-0.25, -0.2) is 0 Å². The lowest BCUT2D eigenvalue weighted by Crippen LogP contribution is -2.02. The predicted octanol–water partition coefficient (Wildman–Crippen LogP) is 2.89. The average Bonchev–Trinajstić information content (AvgIpc) is 2.39. The van der Waals surface area contributed by atoms with Gasteiger partial charge in [-0.3, -0.25) is 0 Å². The van der Waals surface area contributed by atoms with Crippen molar-refractivity contribution in [3.05, 3.63) is 52.7 Å². The van der Waals surface area contributed by atoms with Crippen LogP contribution in [0.2, 0.25) is 5.15 Å². The number of nitrogens with one attached hydrogen (secondary N) is 1. The molecular weight excluding hydrogens is 250 g/mol. The van der Waals surface area contributed by atoms with E-state index in [1.165, 1.54) is 5.56 Å². The zero-order valence-electron chi connectivity index (χ0n) is 10.1. The first-order valence-electron chi connectivity index (χ1n) is 5.58. The average molecular weight is 264 g/mol. The smallest absolute Gasteiger partial charge is 0.151 e. The van der Waals surface area contributed by atoms with E-state index in [0.717, 1.165) is 5.56 Å². The standard InChI is InChI=1S/C13H14ClN3O/c1-18-9-11-4-2-3-10(7-11)8-15-13-6-5-12(14)16-17-13/h2-7H,8-9H2,1H3,(H,15,17). The summed E-state index contributed by atoms with van der Waals surface area (Å²) in [5, 5.41) is 11.3. The lowest BCUT2D eigenvalue weighted by Gasteiger charge is -2.06. The molecule has 1 aromatic carbocycles. The summed E-state index contributed by atoms with van der Waals surface area (Å²) in [6, 6.07) is 11.7. The monoisotopic (exact) mass is 263 g/mol. The Morgan fingerprint density at radius 2 is 2.00 bits per heavy atom. The number of anilines is 1. The van der Waals surface area contributed by atoms with Crippen LogP contribution in [0, 0.1) is 0 Å². The van der Waals surface area contributed by atoms with Crippen LogP contribution in [0.5, 0.6) is 0 Å². The van der Waals surface area contributed by atoms with Gasteiger partial charge in [0, 0.05) is 13.7 Å². The van der Waals surface area contributed by atoms with Crippen LogP contribution in [0.4, 0.5) is 5.82 Å². The van der Waals surface area contributed by atoms with E-state index in [1.807, 2.05) is 12.1 Å². The molecule has 0 aliphatic rings. The van der Waals surface area contributed by atoms with Crippen molar-refractivity contribution < 1.29 is 4.74 Å². The van der Waals surface area contributed by atoms with E-state index in [0.29, 0.717) is 24.1 Å². The Balaban J connectivity index is 1.97. The van der Waals surface area contributed by atoms with Gasteiger partial charge in [-0.05, 0) is 23.3 Å². The molecular formula is C13H14ClN3O. The van der Waals surface area contributed by atoms with Gasteiger partial charge in [0.25, 0.3) is 0 Å². The molecule has 2 rings (SSSR count). The largest absolute Gasteiger partial charge is 0.380 e. The second-order valence-corrected chi connectivity index (χ2v) is 4.24. The molecule has 2 aromatic rings. The first-order chi connectivity index (χ1) is 8.78. The van der Waals surface area contributed by atoms with Crippen LogP contribution < -0.4 is 5.32 Å². The highest BCUT2D eigenvalue weighted by Gasteiger charge is 1.98. The van der Waals surface area contributed by atoms with Crippen molar-refractivity contribution >= 4 is 17.4 Å². The van der Waals surface area contributed by atoms with E-state index in [2.05, 4.69) is 27.6 Å². The molecule has 0 saturated carbocycles. The lowest BCUT2D eigenvalue weighted by molar-refractivity contribution is 0.185. The number of nitrogens with zero attached hydrogens (tertiary/aromatic N) is 2. The fraction of sp³-hybridized carbons (Fsp3) is 0.231. The molecule has 0 spiro atoms. The summed E-state index contributed by atoms with van der Waals surface area (Å²) >= 11 is 5.67. The van der Waals surface area contributed by atoms with E-state index >= 15 is 0 Å². The molecule has 0 aliphatic carbocycles. The minimum atomic E-state index is 0.391. The van der Waals surface area contributed by atoms with E-state index in [-0.39, 0.29) is 0 Å². The highest BCUT2D eigenvalue weighted by Crippen LogP contribution is 2.10. The second kappa shape index (κ2) is 6.33. The molecule has 94 valence electrons. The van der Waals surface area contributed by atoms with E-state index in [9.17, 15) is 0 Å². The molecule has 0 saturated heterocycles. The van der Waals surface area contributed by atoms with Crippen molar-refractivity contribution in [1.29, 1.82) is 0 Å². The highest BCUT2D eigenvalue weighted by molar-refractivity contribution is 6.29. The van der Waals surface area contributed by atoms with Gasteiger partial charge < -0.3 is 10.1 Å². The summed E-state index contributed by atoms with van der Waals surface area (Å²) in [5.74, 6) is 0.705. The Hall–Kier alpha value is -1.65. The van der Waals surface area contributed by atoms with Gasteiger partial charge in [0.15, 0.2) is 5.15 Å². The van der Waals surface area contributed by atoms with Gasteiger partial charge in [0.1, 0.15) is 5.82 Å². The molecule has 1 aromatic heterocycles. The zero-order chi connectivity index (χ0) is 12.8. The summed E-state index contributed by atoms with van der Waals surface area (Å²) in [4.78, 5) is 0. The van der Waals surface area contributed by atoms with Crippen molar-refractivity contribution in [3.63, 3.8) is 0 Å². The summed E-state index contributed by atoms with van der Waals surface area (Å²) < 4.78 is 5.10. The van der Waals surface area contributed by atoms with Gasteiger partial charge in [0.05, 0.1) is 6.61 Å². The van der Waals surface area contributed by atoms with Gasteiger partial charge in [0.2, 0.25) is 0 Å². The Labute approximate surface area is 111 Å². The third kappa shape index (κ3) is 3.68. The molecule has 0 radical (unpaired) electrons. The fourth-order valence-electron chi connectivity index (χ4n) is 1.60. The van der Waals surface area contributed by atoms with Crippen molar-refractivity contribution in [1.82, 2.24) is 10.2 Å².